The number of rotatable bonds is 5. The first-order valence-corrected chi connectivity index (χ1v) is 7.06. The van der Waals surface area contributed by atoms with E-state index in [4.69, 9.17) is 15.2 Å². The van der Waals surface area contributed by atoms with Crippen molar-refractivity contribution in [1.82, 2.24) is 9.97 Å². The van der Waals surface area contributed by atoms with Crippen molar-refractivity contribution < 1.29 is 9.47 Å². The molecular formula is C17H17N3O2. The number of hydrogen-bond donors (Lipinski definition) is 1. The number of fused-ring (bicyclic) bond motifs is 1. The van der Waals surface area contributed by atoms with Crippen molar-refractivity contribution >= 4 is 10.9 Å². The third kappa shape index (κ3) is 3.15. The van der Waals surface area contributed by atoms with E-state index in [0.29, 0.717) is 24.1 Å². The van der Waals surface area contributed by atoms with Crippen molar-refractivity contribution in [2.24, 2.45) is 5.73 Å². The second-order valence-electron chi connectivity index (χ2n) is 4.85. The lowest BCUT2D eigenvalue weighted by molar-refractivity contribution is 0.394. The van der Waals surface area contributed by atoms with Crippen molar-refractivity contribution in [3.05, 3.63) is 54.2 Å². The fourth-order valence-corrected chi connectivity index (χ4v) is 2.20. The van der Waals surface area contributed by atoms with Crippen LogP contribution in [-0.4, -0.2) is 23.6 Å². The van der Waals surface area contributed by atoms with E-state index in [1.165, 1.54) is 5.56 Å². The Hall–Kier alpha value is -2.66. The molecule has 0 aliphatic heterocycles. The van der Waals surface area contributed by atoms with Gasteiger partial charge in [0, 0.05) is 17.5 Å². The molecule has 0 aliphatic rings. The molecule has 2 N–H and O–H groups in total. The van der Waals surface area contributed by atoms with Gasteiger partial charge in [0.1, 0.15) is 5.75 Å². The number of nitrogens with two attached hydrogens (primary N) is 1. The van der Waals surface area contributed by atoms with Gasteiger partial charge in [-0.15, -0.1) is 0 Å². The van der Waals surface area contributed by atoms with Crippen LogP contribution in [0.2, 0.25) is 0 Å². The van der Waals surface area contributed by atoms with Crippen LogP contribution in [0.1, 0.15) is 5.56 Å². The minimum atomic E-state index is 0.533. The van der Waals surface area contributed by atoms with E-state index in [1.54, 1.807) is 25.4 Å². The largest absolute Gasteiger partial charge is 0.481 e. The number of pyridine rings is 2. The van der Waals surface area contributed by atoms with E-state index in [0.717, 1.165) is 17.3 Å². The smallest absolute Gasteiger partial charge is 0.219 e. The molecule has 0 bridgehead atoms. The minimum Gasteiger partial charge on any atom is -0.481 e. The van der Waals surface area contributed by atoms with Crippen molar-refractivity contribution in [2.45, 2.75) is 6.42 Å². The average Bonchev–Trinajstić information content (AvgIpc) is 2.56. The summed E-state index contributed by atoms with van der Waals surface area (Å²) < 4.78 is 10.7. The second-order valence-corrected chi connectivity index (χ2v) is 4.85. The summed E-state index contributed by atoms with van der Waals surface area (Å²) >= 11 is 0. The van der Waals surface area contributed by atoms with Crippen LogP contribution in [0.3, 0.4) is 0 Å². The van der Waals surface area contributed by atoms with Crippen molar-refractivity contribution in [3.8, 4) is 17.5 Å². The van der Waals surface area contributed by atoms with Gasteiger partial charge >= 0.3 is 0 Å². The van der Waals surface area contributed by atoms with Gasteiger partial charge in [-0.2, -0.15) is 0 Å². The summed E-state index contributed by atoms with van der Waals surface area (Å²) in [6.07, 6.45) is 2.47. The molecule has 0 atom stereocenters. The van der Waals surface area contributed by atoms with Crippen LogP contribution in [0.5, 0.6) is 17.5 Å². The van der Waals surface area contributed by atoms with E-state index >= 15 is 0 Å². The summed E-state index contributed by atoms with van der Waals surface area (Å²) in [6.45, 7) is 0.643. The predicted octanol–water partition coefficient (Wildman–Crippen LogP) is 2.93. The molecule has 0 unspecified atom stereocenters. The Kier molecular flexibility index (Phi) is 4.16. The highest BCUT2D eigenvalue weighted by Crippen LogP contribution is 2.23. The van der Waals surface area contributed by atoms with Gasteiger partial charge in [0.15, 0.2) is 0 Å². The highest BCUT2D eigenvalue weighted by Gasteiger charge is 2.03. The topological polar surface area (TPSA) is 70.3 Å². The molecule has 0 aliphatic carbocycles. The minimum absolute atomic E-state index is 0.533. The van der Waals surface area contributed by atoms with Gasteiger partial charge in [-0.1, -0.05) is 6.07 Å². The van der Waals surface area contributed by atoms with Crippen LogP contribution in [0, 0.1) is 0 Å². The molecule has 0 fully saturated rings. The summed E-state index contributed by atoms with van der Waals surface area (Å²) in [5.74, 6) is 1.70. The van der Waals surface area contributed by atoms with Crippen LogP contribution in [0.25, 0.3) is 10.9 Å². The Morgan fingerprint density at radius 2 is 1.91 bits per heavy atom. The van der Waals surface area contributed by atoms with Crippen LogP contribution in [0.4, 0.5) is 0 Å². The van der Waals surface area contributed by atoms with Gasteiger partial charge < -0.3 is 15.2 Å². The molecule has 112 valence electrons. The molecule has 0 spiro atoms. The van der Waals surface area contributed by atoms with Gasteiger partial charge in [0.05, 0.1) is 18.8 Å². The molecule has 1 aromatic carbocycles. The van der Waals surface area contributed by atoms with Crippen LogP contribution < -0.4 is 15.2 Å². The SMILES string of the molecule is COc1ccc(Oc2ccc3cc(CCN)ccc3n2)cn1. The Morgan fingerprint density at radius 3 is 2.64 bits per heavy atom. The lowest BCUT2D eigenvalue weighted by atomic mass is 10.1. The first kappa shape index (κ1) is 14.3. The lowest BCUT2D eigenvalue weighted by Gasteiger charge is -2.07. The predicted molar refractivity (Wildman–Crippen MR) is 85.4 cm³/mol. The van der Waals surface area contributed by atoms with Gasteiger partial charge in [-0.05, 0) is 42.8 Å². The third-order valence-electron chi connectivity index (χ3n) is 3.30. The second kappa shape index (κ2) is 6.41. The number of aromatic nitrogens is 2. The van der Waals surface area contributed by atoms with E-state index in [1.807, 2.05) is 24.3 Å². The first-order valence-electron chi connectivity index (χ1n) is 7.06. The van der Waals surface area contributed by atoms with Crippen LogP contribution in [-0.2, 0) is 6.42 Å². The normalized spacial score (nSPS) is 10.6. The lowest BCUT2D eigenvalue weighted by Crippen LogP contribution is -2.02. The first-order chi connectivity index (χ1) is 10.8. The zero-order valence-corrected chi connectivity index (χ0v) is 12.3. The molecule has 5 nitrogen and oxygen atoms in total. The Morgan fingerprint density at radius 1 is 1.05 bits per heavy atom. The maximum Gasteiger partial charge on any atom is 0.219 e. The summed E-state index contributed by atoms with van der Waals surface area (Å²) in [4.78, 5) is 8.60. The Bertz CT molecular complexity index is 772. The fourth-order valence-electron chi connectivity index (χ4n) is 2.20. The molecule has 22 heavy (non-hydrogen) atoms. The quantitative estimate of drug-likeness (QED) is 0.783. The zero-order valence-electron chi connectivity index (χ0n) is 12.3. The number of hydrogen-bond acceptors (Lipinski definition) is 5. The van der Waals surface area contributed by atoms with Crippen molar-refractivity contribution in [2.75, 3.05) is 13.7 Å². The molecule has 3 rings (SSSR count). The highest BCUT2D eigenvalue weighted by molar-refractivity contribution is 5.79. The molecule has 0 saturated heterocycles. The van der Waals surface area contributed by atoms with E-state index in [9.17, 15) is 0 Å². The van der Waals surface area contributed by atoms with Gasteiger partial charge in [-0.25, -0.2) is 9.97 Å². The maximum atomic E-state index is 5.71. The van der Waals surface area contributed by atoms with Gasteiger partial charge in [-0.3, -0.25) is 0 Å². The average molecular weight is 295 g/mol. The molecule has 0 amide bonds. The van der Waals surface area contributed by atoms with Crippen LogP contribution in [0.15, 0.2) is 48.7 Å². The van der Waals surface area contributed by atoms with Crippen LogP contribution >= 0.6 is 0 Å². The Balaban J connectivity index is 1.83. The monoisotopic (exact) mass is 295 g/mol. The van der Waals surface area contributed by atoms with Gasteiger partial charge in [0.2, 0.25) is 11.8 Å². The van der Waals surface area contributed by atoms with E-state index < -0.39 is 0 Å². The molecule has 0 radical (unpaired) electrons. The zero-order chi connectivity index (χ0) is 15.4. The highest BCUT2D eigenvalue weighted by atomic mass is 16.5. The standard InChI is InChI=1S/C17H17N3O2/c1-21-16-7-4-14(11-19-16)22-17-6-3-13-10-12(8-9-18)2-5-15(13)20-17/h2-7,10-11H,8-9,18H2,1H3. The molecule has 2 heterocycles. The number of methoxy groups -OCH3 is 1. The Labute approximate surface area is 128 Å². The summed E-state index contributed by atoms with van der Waals surface area (Å²) in [5.41, 5.74) is 7.69. The van der Waals surface area contributed by atoms with Crippen molar-refractivity contribution in [1.29, 1.82) is 0 Å². The number of benzene rings is 1. The van der Waals surface area contributed by atoms with E-state index in [-0.39, 0.29) is 0 Å². The maximum absolute atomic E-state index is 5.71. The van der Waals surface area contributed by atoms with Crippen molar-refractivity contribution in [3.63, 3.8) is 0 Å². The molecule has 5 heteroatoms. The molecular weight excluding hydrogens is 278 g/mol. The molecule has 0 saturated carbocycles. The summed E-state index contributed by atoms with van der Waals surface area (Å²) in [5, 5.41) is 1.08. The third-order valence-corrected chi connectivity index (χ3v) is 3.30. The number of nitrogens with zero attached hydrogens (tertiary/aromatic N) is 2. The fraction of sp³-hybridized carbons (Fsp3) is 0.176. The van der Waals surface area contributed by atoms with E-state index in [2.05, 4.69) is 16.0 Å². The summed E-state index contributed by atoms with van der Waals surface area (Å²) in [7, 11) is 1.58. The molecule has 3 aromatic rings. The molecule has 2 aromatic heterocycles. The summed E-state index contributed by atoms with van der Waals surface area (Å²) in [6, 6.07) is 13.5. The number of ether oxygens (including phenoxy) is 2. The van der Waals surface area contributed by atoms with Gasteiger partial charge in [0.25, 0.3) is 0 Å².